The molecular weight excluding hydrogens is 549 g/mol. The molecule has 2 aromatic heterocycles. The minimum atomic E-state index is -4.63. The zero-order chi connectivity index (χ0) is 28.1. The van der Waals surface area contributed by atoms with Crippen molar-refractivity contribution < 1.29 is 36.2 Å². The highest BCUT2D eigenvalue weighted by Crippen LogP contribution is 2.43. The Hall–Kier alpha value is -4.14. The lowest BCUT2D eigenvalue weighted by atomic mass is 10.1. The van der Waals surface area contributed by atoms with Crippen LogP contribution >= 0.6 is 11.8 Å². The lowest BCUT2D eigenvalue weighted by molar-refractivity contribution is -0.286. The first-order valence-corrected chi connectivity index (χ1v) is 12.5. The van der Waals surface area contributed by atoms with E-state index < -0.39 is 36.0 Å². The van der Waals surface area contributed by atoms with E-state index >= 15 is 0 Å². The molecule has 15 heteroatoms. The van der Waals surface area contributed by atoms with Crippen molar-refractivity contribution >= 4 is 34.4 Å². The van der Waals surface area contributed by atoms with Gasteiger partial charge in [-0.15, -0.1) is 20.5 Å². The van der Waals surface area contributed by atoms with Gasteiger partial charge < -0.3 is 19.4 Å². The van der Waals surface area contributed by atoms with E-state index in [0.29, 0.717) is 4.90 Å². The monoisotopic (exact) mass is 567 g/mol. The quantitative estimate of drug-likeness (QED) is 0.261. The number of likely N-dealkylation sites (N-methyl/N-ethyl adjacent to an activating group) is 1. The molecule has 5 rings (SSSR count). The lowest BCUT2D eigenvalue weighted by Crippen LogP contribution is -2.37. The highest BCUT2D eigenvalue weighted by molar-refractivity contribution is 7.98. The first-order chi connectivity index (χ1) is 18.4. The smallest absolute Gasteiger partial charge is 0.395 e. The summed E-state index contributed by atoms with van der Waals surface area (Å²) in [5, 5.41) is 4.22. The maximum absolute atomic E-state index is 13.6. The van der Waals surface area contributed by atoms with E-state index in [0.717, 1.165) is 28.6 Å². The Kier molecular flexibility index (Phi) is 6.48. The second kappa shape index (κ2) is 9.55. The van der Waals surface area contributed by atoms with E-state index in [-0.39, 0.29) is 46.0 Å². The molecule has 1 aliphatic rings. The van der Waals surface area contributed by atoms with Gasteiger partial charge in [0.05, 0.1) is 11.9 Å². The summed E-state index contributed by atoms with van der Waals surface area (Å²) < 4.78 is 77.2. The molecule has 39 heavy (non-hydrogen) atoms. The second-order valence-electron chi connectivity index (χ2n) is 8.32. The molecular formula is C24H18F5N5O4S. The number of nitrogens with zero attached hydrogens (tertiary/aromatic N) is 4. The molecule has 0 atom stereocenters. The summed E-state index contributed by atoms with van der Waals surface area (Å²) in [6.45, 7) is 1.12. The van der Waals surface area contributed by atoms with Crippen molar-refractivity contribution in [2.75, 3.05) is 17.7 Å². The van der Waals surface area contributed by atoms with Crippen LogP contribution in [0.25, 0.3) is 22.3 Å². The predicted molar refractivity (Wildman–Crippen MR) is 131 cm³/mol. The third kappa shape index (κ3) is 5.01. The molecule has 1 N–H and O–H groups in total. The van der Waals surface area contributed by atoms with Crippen molar-refractivity contribution in [2.45, 2.75) is 30.8 Å². The number of carbonyl (C=O) groups is 1. The molecule has 1 amide bonds. The SMILES string of the molecule is CCN(C(=O)Cn1nc(-c2cc(SC)cc(C(F)(F)F)c2)c2nc[nH]c2c1=O)c1ccc2c(c1)OC(F)(F)O2. The van der Waals surface area contributed by atoms with Gasteiger partial charge in [0.15, 0.2) is 11.5 Å². The normalized spacial score (nSPS) is 14.1. The van der Waals surface area contributed by atoms with Gasteiger partial charge >= 0.3 is 12.5 Å². The van der Waals surface area contributed by atoms with Gasteiger partial charge in [-0.1, -0.05) is 0 Å². The predicted octanol–water partition coefficient (Wildman–Crippen LogP) is 4.90. The Morgan fingerprint density at radius 2 is 1.90 bits per heavy atom. The fourth-order valence-electron chi connectivity index (χ4n) is 4.12. The summed E-state index contributed by atoms with van der Waals surface area (Å²) in [6, 6.07) is 7.16. The Bertz CT molecular complexity index is 1650. The van der Waals surface area contributed by atoms with Crippen LogP contribution in [0.5, 0.6) is 11.5 Å². The van der Waals surface area contributed by atoms with E-state index in [1.54, 1.807) is 13.2 Å². The van der Waals surface area contributed by atoms with Crippen LogP contribution < -0.4 is 19.9 Å². The van der Waals surface area contributed by atoms with Crippen LogP contribution in [0.3, 0.4) is 0 Å². The van der Waals surface area contributed by atoms with Crippen molar-refractivity contribution in [3.63, 3.8) is 0 Å². The van der Waals surface area contributed by atoms with E-state index in [9.17, 15) is 31.5 Å². The fourth-order valence-corrected chi connectivity index (χ4v) is 4.61. The van der Waals surface area contributed by atoms with E-state index in [2.05, 4.69) is 24.5 Å². The minimum absolute atomic E-state index is 0.0339. The summed E-state index contributed by atoms with van der Waals surface area (Å²) in [7, 11) is 0. The zero-order valence-electron chi connectivity index (χ0n) is 20.2. The van der Waals surface area contributed by atoms with Crippen LogP contribution in [-0.2, 0) is 17.5 Å². The van der Waals surface area contributed by atoms with Crippen LogP contribution in [0.2, 0.25) is 0 Å². The molecule has 0 fully saturated rings. The first kappa shape index (κ1) is 26.5. The Labute approximate surface area is 220 Å². The number of carbonyl (C=O) groups excluding carboxylic acids is 1. The Balaban J connectivity index is 1.54. The van der Waals surface area contributed by atoms with Crippen molar-refractivity contribution in [2.24, 2.45) is 0 Å². The van der Waals surface area contributed by atoms with Gasteiger partial charge in [-0.2, -0.15) is 18.3 Å². The zero-order valence-corrected chi connectivity index (χ0v) is 21.0. The summed E-state index contributed by atoms with van der Waals surface area (Å²) in [5.74, 6) is -1.11. The fraction of sp³-hybridized carbons (Fsp3) is 0.250. The number of alkyl halides is 5. The molecule has 204 valence electrons. The number of aromatic nitrogens is 4. The molecule has 2 aromatic carbocycles. The summed E-state index contributed by atoms with van der Waals surface area (Å²) in [5.41, 5.74) is -1.43. The number of aromatic amines is 1. The number of hydrogen-bond donors (Lipinski definition) is 1. The number of halogens is 5. The van der Waals surface area contributed by atoms with Gasteiger partial charge in [0.1, 0.15) is 23.3 Å². The van der Waals surface area contributed by atoms with Gasteiger partial charge in [-0.3, -0.25) is 9.59 Å². The molecule has 4 aromatic rings. The summed E-state index contributed by atoms with van der Waals surface area (Å²) in [6.07, 6.45) is -5.65. The highest BCUT2D eigenvalue weighted by Gasteiger charge is 2.43. The number of thioether (sulfide) groups is 1. The third-order valence-electron chi connectivity index (χ3n) is 5.87. The minimum Gasteiger partial charge on any atom is -0.395 e. The third-order valence-corrected chi connectivity index (χ3v) is 6.58. The summed E-state index contributed by atoms with van der Waals surface area (Å²) in [4.78, 5) is 34.6. The average molecular weight is 567 g/mol. The van der Waals surface area contributed by atoms with E-state index in [1.165, 1.54) is 35.5 Å². The number of fused-ring (bicyclic) bond motifs is 2. The number of ether oxygens (including phenoxy) is 2. The summed E-state index contributed by atoms with van der Waals surface area (Å²) >= 11 is 1.09. The Morgan fingerprint density at radius 1 is 1.15 bits per heavy atom. The van der Waals surface area contributed by atoms with Gasteiger partial charge in [-0.25, -0.2) is 9.67 Å². The van der Waals surface area contributed by atoms with Crippen molar-refractivity contribution in [1.29, 1.82) is 0 Å². The number of imidazole rings is 1. The number of rotatable bonds is 6. The van der Waals surface area contributed by atoms with Gasteiger partial charge in [0.2, 0.25) is 5.91 Å². The maximum atomic E-state index is 13.6. The molecule has 0 aliphatic carbocycles. The lowest BCUT2D eigenvalue weighted by Gasteiger charge is -2.21. The van der Waals surface area contributed by atoms with E-state index in [1.807, 2.05) is 0 Å². The van der Waals surface area contributed by atoms with Crippen molar-refractivity contribution in [3.8, 4) is 22.8 Å². The van der Waals surface area contributed by atoms with Crippen LogP contribution in [0, 0.1) is 0 Å². The molecule has 0 unspecified atom stereocenters. The number of H-pyrrole nitrogens is 1. The van der Waals surface area contributed by atoms with Gasteiger partial charge in [0, 0.05) is 28.8 Å². The van der Waals surface area contributed by atoms with Crippen molar-refractivity contribution in [3.05, 3.63) is 58.6 Å². The maximum Gasteiger partial charge on any atom is 0.586 e. The molecule has 0 saturated carbocycles. The van der Waals surface area contributed by atoms with E-state index in [4.69, 9.17) is 0 Å². The molecule has 0 radical (unpaired) electrons. The molecule has 1 aliphatic heterocycles. The van der Waals surface area contributed by atoms with Crippen LogP contribution in [0.15, 0.2) is 52.4 Å². The number of nitrogens with one attached hydrogen (secondary N) is 1. The second-order valence-corrected chi connectivity index (χ2v) is 9.20. The van der Waals surface area contributed by atoms with Gasteiger partial charge in [-0.05, 0) is 43.5 Å². The topological polar surface area (TPSA) is 102 Å². The van der Waals surface area contributed by atoms with Crippen LogP contribution in [0.1, 0.15) is 12.5 Å². The molecule has 3 heterocycles. The highest BCUT2D eigenvalue weighted by atomic mass is 32.2. The Morgan fingerprint density at radius 3 is 2.59 bits per heavy atom. The average Bonchev–Trinajstić information content (AvgIpc) is 3.48. The molecule has 0 spiro atoms. The van der Waals surface area contributed by atoms with Crippen molar-refractivity contribution in [1.82, 2.24) is 19.7 Å². The molecule has 9 nitrogen and oxygen atoms in total. The number of benzene rings is 2. The first-order valence-electron chi connectivity index (χ1n) is 11.3. The van der Waals surface area contributed by atoms with Crippen LogP contribution in [0.4, 0.5) is 27.6 Å². The molecule has 0 bridgehead atoms. The number of hydrogen-bond acceptors (Lipinski definition) is 7. The van der Waals surface area contributed by atoms with Gasteiger partial charge in [0.25, 0.3) is 5.56 Å². The largest absolute Gasteiger partial charge is 0.586 e. The van der Waals surface area contributed by atoms with Crippen LogP contribution in [-0.4, -0.2) is 44.8 Å². The standard InChI is InChI=1S/C24H18F5N5O4S/c1-3-33(14-4-5-16-17(9-14)38-24(28,29)37-16)18(35)10-34-22(36)21-20(30-11-31-21)19(32-34)12-6-13(23(25,26)27)8-15(7-12)39-2/h4-9,11H,3,10H2,1-2H3,(H,30,31). The number of amides is 1. The molecule has 0 saturated heterocycles. The number of anilines is 1.